The van der Waals surface area contributed by atoms with Crippen molar-refractivity contribution in [2.75, 3.05) is 13.7 Å². The molecule has 0 aliphatic carbocycles. The highest BCUT2D eigenvalue weighted by molar-refractivity contribution is 9.10. The minimum atomic E-state index is -0.0348. The topological polar surface area (TPSA) is 21.3 Å². The van der Waals surface area contributed by atoms with Crippen LogP contribution in [0.2, 0.25) is 5.02 Å². The van der Waals surface area contributed by atoms with Gasteiger partial charge in [0.1, 0.15) is 5.75 Å². The van der Waals surface area contributed by atoms with E-state index in [1.165, 1.54) is 0 Å². The molecule has 0 aliphatic rings. The molecule has 1 N–H and O–H groups in total. The third-order valence-electron chi connectivity index (χ3n) is 3.18. The van der Waals surface area contributed by atoms with Gasteiger partial charge in [-0.2, -0.15) is 0 Å². The zero-order valence-corrected chi connectivity index (χ0v) is 15.7. The molecule has 5 heteroatoms. The summed E-state index contributed by atoms with van der Waals surface area (Å²) in [7, 11) is 1.68. The lowest BCUT2D eigenvalue weighted by atomic mass is 9.97. The quantitative estimate of drug-likeness (QED) is 0.665. The second kappa shape index (κ2) is 7.63. The summed E-state index contributed by atoms with van der Waals surface area (Å²) in [6.45, 7) is 2.90. The molecule has 0 fully saturated rings. The van der Waals surface area contributed by atoms with E-state index >= 15 is 0 Å². The van der Waals surface area contributed by atoms with Gasteiger partial charge < -0.3 is 10.1 Å². The fraction of sp³-hybridized carbons (Fsp3) is 0.250. The van der Waals surface area contributed by atoms with Crippen molar-refractivity contribution in [2.24, 2.45) is 0 Å². The van der Waals surface area contributed by atoms with Crippen LogP contribution in [0, 0.1) is 0 Å². The van der Waals surface area contributed by atoms with Crippen molar-refractivity contribution in [1.29, 1.82) is 0 Å². The lowest BCUT2D eigenvalue weighted by Gasteiger charge is -2.23. The van der Waals surface area contributed by atoms with Gasteiger partial charge in [-0.25, -0.2) is 0 Å². The summed E-state index contributed by atoms with van der Waals surface area (Å²) in [6, 6.07) is 11.8. The molecule has 2 nitrogen and oxygen atoms in total. The molecule has 2 aromatic carbocycles. The second-order valence-corrected chi connectivity index (χ2v) is 6.78. The molecule has 0 spiro atoms. The normalized spacial score (nSPS) is 12.2. The van der Waals surface area contributed by atoms with Crippen molar-refractivity contribution in [3.63, 3.8) is 0 Å². The summed E-state index contributed by atoms with van der Waals surface area (Å²) < 4.78 is 7.51. The smallest absolute Gasteiger partial charge is 0.124 e. The van der Waals surface area contributed by atoms with E-state index in [0.29, 0.717) is 0 Å². The number of ether oxygens (including phenoxy) is 1. The fourth-order valence-corrected chi connectivity index (χ4v) is 3.24. The Morgan fingerprint density at radius 2 is 1.71 bits per heavy atom. The van der Waals surface area contributed by atoms with Crippen LogP contribution in [0.1, 0.15) is 24.1 Å². The first kappa shape index (κ1) is 16.8. The third kappa shape index (κ3) is 4.01. The molecule has 2 rings (SSSR count). The Kier molecular flexibility index (Phi) is 6.11. The molecule has 2 aromatic rings. The van der Waals surface area contributed by atoms with E-state index in [2.05, 4.69) is 50.2 Å². The van der Waals surface area contributed by atoms with Crippen molar-refractivity contribution in [2.45, 2.75) is 13.0 Å². The molecule has 0 amide bonds. The average Bonchev–Trinajstić information content (AvgIpc) is 2.47. The maximum absolute atomic E-state index is 6.40. The van der Waals surface area contributed by atoms with Gasteiger partial charge in [-0.15, -0.1) is 0 Å². The summed E-state index contributed by atoms with van der Waals surface area (Å²) in [5.74, 6) is 0.834. The lowest BCUT2D eigenvalue weighted by Crippen LogP contribution is -2.23. The molecule has 1 unspecified atom stereocenters. The number of halogens is 3. The number of rotatable bonds is 5. The molecular formula is C16H16Br2ClNO. The summed E-state index contributed by atoms with van der Waals surface area (Å²) >= 11 is 13.4. The van der Waals surface area contributed by atoms with Crippen molar-refractivity contribution in [3.8, 4) is 5.75 Å². The highest BCUT2D eigenvalue weighted by atomic mass is 79.9. The summed E-state index contributed by atoms with van der Waals surface area (Å²) in [6.07, 6.45) is 0. The molecule has 1 atom stereocenters. The van der Waals surface area contributed by atoms with E-state index in [-0.39, 0.29) is 6.04 Å². The maximum atomic E-state index is 6.40. The van der Waals surface area contributed by atoms with Crippen molar-refractivity contribution < 1.29 is 4.74 Å². The highest BCUT2D eigenvalue weighted by Crippen LogP contribution is 2.36. The minimum absolute atomic E-state index is 0.0348. The first-order chi connectivity index (χ1) is 10.1. The van der Waals surface area contributed by atoms with E-state index in [0.717, 1.165) is 37.4 Å². The number of methoxy groups -OCH3 is 1. The average molecular weight is 434 g/mol. The predicted molar refractivity (Wildman–Crippen MR) is 95.4 cm³/mol. The summed E-state index contributed by atoms with van der Waals surface area (Å²) in [5.41, 5.74) is 2.07. The molecular weight excluding hydrogens is 417 g/mol. The lowest BCUT2D eigenvalue weighted by molar-refractivity contribution is 0.404. The Bertz CT molecular complexity index is 634. The Morgan fingerprint density at radius 1 is 1.10 bits per heavy atom. The Labute approximate surface area is 147 Å². The van der Waals surface area contributed by atoms with Crippen LogP contribution in [0.4, 0.5) is 0 Å². The maximum Gasteiger partial charge on any atom is 0.124 e. The number of benzene rings is 2. The van der Waals surface area contributed by atoms with Gasteiger partial charge in [-0.05, 0) is 48.5 Å². The standard InChI is InChI=1S/C16H16Br2ClNO/c1-3-20-16(12-8-10(17)4-6-14(12)19)13-9-11(18)5-7-15(13)21-2/h4-9,16,20H,3H2,1-2H3. The molecule has 0 saturated carbocycles. The third-order valence-corrected chi connectivity index (χ3v) is 4.51. The van der Waals surface area contributed by atoms with Crippen LogP contribution in [0.3, 0.4) is 0 Å². The van der Waals surface area contributed by atoms with Crippen LogP contribution in [0.15, 0.2) is 45.3 Å². The molecule has 0 radical (unpaired) electrons. The monoisotopic (exact) mass is 431 g/mol. The van der Waals surface area contributed by atoms with Crippen LogP contribution >= 0.6 is 43.5 Å². The zero-order chi connectivity index (χ0) is 15.4. The van der Waals surface area contributed by atoms with E-state index < -0.39 is 0 Å². The Balaban J connectivity index is 2.58. The van der Waals surface area contributed by atoms with Gasteiger partial charge in [0, 0.05) is 19.5 Å². The van der Waals surface area contributed by atoms with Gasteiger partial charge in [-0.3, -0.25) is 0 Å². The fourth-order valence-electron chi connectivity index (χ4n) is 2.26. The van der Waals surface area contributed by atoms with E-state index in [4.69, 9.17) is 16.3 Å². The van der Waals surface area contributed by atoms with E-state index in [1.807, 2.05) is 30.3 Å². The van der Waals surface area contributed by atoms with E-state index in [9.17, 15) is 0 Å². The minimum Gasteiger partial charge on any atom is -0.496 e. The second-order valence-electron chi connectivity index (χ2n) is 4.54. The van der Waals surface area contributed by atoms with Crippen molar-refractivity contribution >= 4 is 43.5 Å². The molecule has 0 saturated heterocycles. The van der Waals surface area contributed by atoms with Gasteiger partial charge in [0.2, 0.25) is 0 Å². The number of hydrogen-bond acceptors (Lipinski definition) is 2. The largest absolute Gasteiger partial charge is 0.496 e. The molecule has 21 heavy (non-hydrogen) atoms. The van der Waals surface area contributed by atoms with Crippen LogP contribution in [0.25, 0.3) is 0 Å². The van der Waals surface area contributed by atoms with Gasteiger partial charge in [-0.1, -0.05) is 50.4 Å². The molecule has 0 heterocycles. The van der Waals surface area contributed by atoms with Crippen molar-refractivity contribution in [1.82, 2.24) is 5.32 Å². The first-order valence-electron chi connectivity index (χ1n) is 6.58. The number of nitrogens with one attached hydrogen (secondary N) is 1. The van der Waals surface area contributed by atoms with Crippen LogP contribution in [-0.2, 0) is 0 Å². The SMILES string of the molecule is CCNC(c1cc(Br)ccc1Cl)c1cc(Br)ccc1OC. The molecule has 0 aromatic heterocycles. The van der Waals surface area contributed by atoms with Gasteiger partial charge in [0.15, 0.2) is 0 Å². The zero-order valence-electron chi connectivity index (χ0n) is 11.8. The summed E-state index contributed by atoms with van der Waals surface area (Å²) in [5, 5.41) is 4.21. The first-order valence-corrected chi connectivity index (χ1v) is 8.55. The van der Waals surface area contributed by atoms with Gasteiger partial charge in [0.25, 0.3) is 0 Å². The highest BCUT2D eigenvalue weighted by Gasteiger charge is 2.20. The van der Waals surface area contributed by atoms with Crippen LogP contribution in [-0.4, -0.2) is 13.7 Å². The van der Waals surface area contributed by atoms with Gasteiger partial charge in [0.05, 0.1) is 13.2 Å². The number of hydrogen-bond donors (Lipinski definition) is 1. The molecule has 112 valence electrons. The molecule has 0 aliphatic heterocycles. The summed E-state index contributed by atoms with van der Waals surface area (Å²) in [4.78, 5) is 0. The van der Waals surface area contributed by atoms with Crippen LogP contribution in [0.5, 0.6) is 5.75 Å². The van der Waals surface area contributed by atoms with Crippen molar-refractivity contribution in [3.05, 3.63) is 61.5 Å². The Hall–Kier alpha value is -0.550. The van der Waals surface area contributed by atoms with Crippen LogP contribution < -0.4 is 10.1 Å². The Morgan fingerprint density at radius 3 is 2.33 bits per heavy atom. The van der Waals surface area contributed by atoms with Gasteiger partial charge >= 0.3 is 0 Å². The van der Waals surface area contributed by atoms with E-state index in [1.54, 1.807) is 7.11 Å². The predicted octanol–water partition coefficient (Wildman–Crippen LogP) is 5.57. The molecule has 0 bridgehead atoms.